The average molecular weight is 332 g/mol. The van der Waals surface area contributed by atoms with Gasteiger partial charge < -0.3 is 9.30 Å². The summed E-state index contributed by atoms with van der Waals surface area (Å²) in [5.74, 6) is 2.50. The van der Waals surface area contributed by atoms with Crippen LogP contribution >= 0.6 is 11.8 Å². The Morgan fingerprint density at radius 3 is 2.70 bits per heavy atom. The highest BCUT2D eigenvalue weighted by molar-refractivity contribution is 7.98. The summed E-state index contributed by atoms with van der Waals surface area (Å²) in [6.07, 6.45) is 4.45. The lowest BCUT2D eigenvalue weighted by atomic mass is 9.96. The van der Waals surface area contributed by atoms with Gasteiger partial charge in [0, 0.05) is 26.1 Å². The van der Waals surface area contributed by atoms with Crippen molar-refractivity contribution >= 4 is 11.8 Å². The van der Waals surface area contributed by atoms with Crippen molar-refractivity contribution in [3.8, 4) is 5.75 Å². The van der Waals surface area contributed by atoms with E-state index in [2.05, 4.69) is 38.8 Å². The Bertz CT molecular complexity index is 641. The number of thioether (sulfide) groups is 1. The molecule has 1 aliphatic heterocycles. The van der Waals surface area contributed by atoms with Crippen molar-refractivity contribution in [2.24, 2.45) is 7.05 Å². The minimum Gasteiger partial charge on any atom is -0.497 e. The zero-order chi connectivity index (χ0) is 16.2. The lowest BCUT2D eigenvalue weighted by Gasteiger charge is -2.32. The van der Waals surface area contributed by atoms with Gasteiger partial charge in [0.15, 0.2) is 5.16 Å². The molecule has 1 fully saturated rings. The Labute approximate surface area is 142 Å². The van der Waals surface area contributed by atoms with Gasteiger partial charge in [-0.05, 0) is 43.3 Å². The van der Waals surface area contributed by atoms with E-state index < -0.39 is 0 Å². The summed E-state index contributed by atoms with van der Waals surface area (Å²) < 4.78 is 7.37. The summed E-state index contributed by atoms with van der Waals surface area (Å²) in [5.41, 5.74) is 1.33. The van der Waals surface area contributed by atoms with E-state index >= 15 is 0 Å². The maximum Gasteiger partial charge on any atom is 0.190 e. The van der Waals surface area contributed by atoms with Crippen LogP contribution in [-0.4, -0.2) is 46.1 Å². The maximum atomic E-state index is 5.23. The highest BCUT2D eigenvalue weighted by Crippen LogP contribution is 2.28. The second-order valence-corrected chi connectivity index (χ2v) is 6.80. The van der Waals surface area contributed by atoms with Gasteiger partial charge in [0.05, 0.1) is 7.11 Å². The molecule has 3 rings (SSSR count). The van der Waals surface area contributed by atoms with Crippen molar-refractivity contribution in [1.29, 1.82) is 0 Å². The van der Waals surface area contributed by atoms with Crippen LogP contribution in [0.2, 0.25) is 0 Å². The quantitative estimate of drug-likeness (QED) is 0.788. The molecule has 0 bridgehead atoms. The van der Waals surface area contributed by atoms with Crippen molar-refractivity contribution < 1.29 is 4.74 Å². The highest BCUT2D eigenvalue weighted by atomic mass is 32.2. The molecule has 1 unspecified atom stereocenters. The van der Waals surface area contributed by atoms with E-state index in [-0.39, 0.29) is 0 Å². The molecule has 1 aromatic heterocycles. The maximum absolute atomic E-state index is 5.23. The number of benzene rings is 1. The van der Waals surface area contributed by atoms with Crippen LogP contribution in [-0.2, 0) is 13.6 Å². The summed E-state index contributed by atoms with van der Waals surface area (Å²) in [7, 11) is 3.78. The summed E-state index contributed by atoms with van der Waals surface area (Å²) in [5, 5.41) is 9.70. The van der Waals surface area contributed by atoms with E-state index in [9.17, 15) is 0 Å². The number of ether oxygens (including phenoxy) is 1. The SMILES string of the molecule is COc1ccc(CN2CCCC(c3nnc(SC)n3C)C2)cc1. The molecule has 0 saturated carbocycles. The zero-order valence-corrected chi connectivity index (χ0v) is 14.8. The highest BCUT2D eigenvalue weighted by Gasteiger charge is 2.25. The summed E-state index contributed by atoms with van der Waals surface area (Å²) in [6, 6.07) is 8.36. The number of methoxy groups -OCH3 is 1. The van der Waals surface area contributed by atoms with Crippen molar-refractivity contribution in [3.05, 3.63) is 35.7 Å². The topological polar surface area (TPSA) is 43.2 Å². The number of piperidine rings is 1. The van der Waals surface area contributed by atoms with Gasteiger partial charge in [-0.1, -0.05) is 23.9 Å². The molecule has 2 heterocycles. The molecule has 5 nitrogen and oxygen atoms in total. The Morgan fingerprint density at radius 2 is 2.04 bits per heavy atom. The Hall–Kier alpha value is -1.53. The number of hydrogen-bond acceptors (Lipinski definition) is 5. The van der Waals surface area contributed by atoms with Crippen molar-refractivity contribution in [1.82, 2.24) is 19.7 Å². The van der Waals surface area contributed by atoms with Gasteiger partial charge in [-0.3, -0.25) is 4.90 Å². The Morgan fingerprint density at radius 1 is 1.26 bits per heavy atom. The van der Waals surface area contributed by atoms with Crippen molar-refractivity contribution in [2.75, 3.05) is 26.5 Å². The molecule has 6 heteroatoms. The fourth-order valence-electron chi connectivity index (χ4n) is 3.26. The summed E-state index contributed by atoms with van der Waals surface area (Å²) >= 11 is 1.65. The zero-order valence-electron chi connectivity index (χ0n) is 14.0. The molecule has 1 aliphatic rings. The van der Waals surface area contributed by atoms with Crippen LogP contribution in [0.5, 0.6) is 5.75 Å². The summed E-state index contributed by atoms with van der Waals surface area (Å²) in [4.78, 5) is 2.52. The van der Waals surface area contributed by atoms with Crippen LogP contribution in [0.25, 0.3) is 0 Å². The van der Waals surface area contributed by atoms with Crippen molar-refractivity contribution in [3.63, 3.8) is 0 Å². The molecule has 1 atom stereocenters. The molecular weight excluding hydrogens is 308 g/mol. The van der Waals surface area contributed by atoms with Crippen LogP contribution in [0.15, 0.2) is 29.4 Å². The van der Waals surface area contributed by atoms with Crippen LogP contribution in [0.3, 0.4) is 0 Å². The normalized spacial score (nSPS) is 19.0. The van der Waals surface area contributed by atoms with E-state index in [1.54, 1.807) is 18.9 Å². The molecular formula is C17H24N4OS. The first-order valence-electron chi connectivity index (χ1n) is 8.00. The first-order chi connectivity index (χ1) is 11.2. The molecule has 0 radical (unpaired) electrons. The number of aromatic nitrogens is 3. The first kappa shape index (κ1) is 16.3. The lowest BCUT2D eigenvalue weighted by molar-refractivity contribution is 0.195. The Kier molecular flexibility index (Phi) is 5.23. The minimum atomic E-state index is 0.473. The molecule has 2 aromatic rings. The van der Waals surface area contributed by atoms with Gasteiger partial charge in [0.2, 0.25) is 0 Å². The van der Waals surface area contributed by atoms with E-state index in [1.807, 2.05) is 18.4 Å². The lowest BCUT2D eigenvalue weighted by Crippen LogP contribution is -2.34. The van der Waals surface area contributed by atoms with Crippen LogP contribution < -0.4 is 4.74 Å². The fourth-order valence-corrected chi connectivity index (χ4v) is 3.75. The minimum absolute atomic E-state index is 0.473. The molecule has 0 aliphatic carbocycles. The molecule has 124 valence electrons. The number of likely N-dealkylation sites (tertiary alicyclic amines) is 1. The average Bonchev–Trinajstić information content (AvgIpc) is 2.96. The molecule has 1 aromatic carbocycles. The van der Waals surface area contributed by atoms with E-state index in [1.165, 1.54) is 18.4 Å². The van der Waals surface area contributed by atoms with E-state index in [0.717, 1.165) is 36.4 Å². The number of hydrogen-bond donors (Lipinski definition) is 0. The summed E-state index contributed by atoms with van der Waals surface area (Å²) in [6.45, 7) is 3.18. The predicted octanol–water partition coefficient (Wildman–Crippen LogP) is 2.93. The van der Waals surface area contributed by atoms with Crippen LogP contribution in [0, 0.1) is 0 Å². The second-order valence-electron chi connectivity index (χ2n) is 6.03. The molecule has 0 amide bonds. The van der Waals surface area contributed by atoms with E-state index in [0.29, 0.717) is 5.92 Å². The largest absolute Gasteiger partial charge is 0.497 e. The predicted molar refractivity (Wildman–Crippen MR) is 93.0 cm³/mol. The number of nitrogens with zero attached hydrogens (tertiary/aromatic N) is 4. The second kappa shape index (κ2) is 7.36. The van der Waals surface area contributed by atoms with Gasteiger partial charge in [-0.15, -0.1) is 10.2 Å². The van der Waals surface area contributed by atoms with Gasteiger partial charge in [0.25, 0.3) is 0 Å². The van der Waals surface area contributed by atoms with Crippen LogP contribution in [0.4, 0.5) is 0 Å². The molecule has 0 spiro atoms. The number of rotatable bonds is 5. The standard InChI is InChI=1S/C17H24N4OS/c1-20-16(18-19-17(20)23-3)14-5-4-10-21(12-14)11-13-6-8-15(22-2)9-7-13/h6-9,14H,4-5,10-12H2,1-3H3. The smallest absolute Gasteiger partial charge is 0.190 e. The third kappa shape index (κ3) is 3.70. The third-order valence-corrected chi connectivity index (χ3v) is 5.21. The van der Waals surface area contributed by atoms with Gasteiger partial charge in [0.1, 0.15) is 11.6 Å². The third-order valence-electron chi connectivity index (χ3n) is 4.49. The monoisotopic (exact) mass is 332 g/mol. The molecule has 23 heavy (non-hydrogen) atoms. The van der Waals surface area contributed by atoms with E-state index in [4.69, 9.17) is 4.74 Å². The van der Waals surface area contributed by atoms with Crippen molar-refractivity contribution in [2.45, 2.75) is 30.5 Å². The van der Waals surface area contributed by atoms with Gasteiger partial charge in [-0.2, -0.15) is 0 Å². The van der Waals surface area contributed by atoms with Crippen LogP contribution in [0.1, 0.15) is 30.1 Å². The fraction of sp³-hybridized carbons (Fsp3) is 0.529. The molecule has 0 N–H and O–H groups in total. The molecule has 1 saturated heterocycles. The van der Waals surface area contributed by atoms with Gasteiger partial charge >= 0.3 is 0 Å². The Balaban J connectivity index is 1.66. The van der Waals surface area contributed by atoms with Gasteiger partial charge in [-0.25, -0.2) is 0 Å². The first-order valence-corrected chi connectivity index (χ1v) is 9.22.